The SMILES string of the molecule is Cc1ccc(N(Cc2ccco2)C(=O)CCl)cc1Cl. The molecule has 0 atom stereocenters. The van der Waals surface area contributed by atoms with Gasteiger partial charge >= 0.3 is 0 Å². The molecular formula is C14H13Cl2NO2. The van der Waals surface area contributed by atoms with Crippen molar-refractivity contribution in [2.24, 2.45) is 0 Å². The van der Waals surface area contributed by atoms with Crippen molar-refractivity contribution in [3.63, 3.8) is 0 Å². The first kappa shape index (κ1) is 14.0. The molecule has 1 aromatic carbocycles. The summed E-state index contributed by atoms with van der Waals surface area (Å²) in [5, 5.41) is 0.615. The molecule has 0 radical (unpaired) electrons. The molecule has 1 heterocycles. The van der Waals surface area contributed by atoms with E-state index < -0.39 is 0 Å². The summed E-state index contributed by atoms with van der Waals surface area (Å²) in [6.07, 6.45) is 1.57. The lowest BCUT2D eigenvalue weighted by molar-refractivity contribution is -0.116. The number of carbonyl (C=O) groups excluding carboxylic acids is 1. The molecule has 5 heteroatoms. The van der Waals surface area contributed by atoms with Crippen molar-refractivity contribution in [3.05, 3.63) is 52.9 Å². The average Bonchev–Trinajstić information content (AvgIpc) is 2.91. The van der Waals surface area contributed by atoms with Crippen LogP contribution in [0.3, 0.4) is 0 Å². The molecule has 1 aromatic heterocycles. The van der Waals surface area contributed by atoms with Gasteiger partial charge in [-0.2, -0.15) is 0 Å². The number of alkyl halides is 1. The van der Waals surface area contributed by atoms with Crippen molar-refractivity contribution in [2.45, 2.75) is 13.5 Å². The summed E-state index contributed by atoms with van der Waals surface area (Å²) in [5.74, 6) is 0.403. The van der Waals surface area contributed by atoms with Crippen LogP contribution in [0, 0.1) is 6.92 Å². The first-order chi connectivity index (χ1) is 9.11. The van der Waals surface area contributed by atoms with Crippen LogP contribution in [0.15, 0.2) is 41.0 Å². The van der Waals surface area contributed by atoms with Crippen molar-refractivity contribution in [2.75, 3.05) is 10.8 Å². The molecule has 3 nitrogen and oxygen atoms in total. The van der Waals surface area contributed by atoms with Crippen molar-refractivity contribution >= 4 is 34.8 Å². The second-order valence-corrected chi connectivity index (χ2v) is 4.80. The van der Waals surface area contributed by atoms with Gasteiger partial charge in [0.2, 0.25) is 5.91 Å². The zero-order valence-electron chi connectivity index (χ0n) is 10.4. The van der Waals surface area contributed by atoms with E-state index in [4.69, 9.17) is 27.6 Å². The molecule has 100 valence electrons. The lowest BCUT2D eigenvalue weighted by atomic mass is 10.2. The zero-order valence-corrected chi connectivity index (χ0v) is 11.9. The van der Waals surface area contributed by atoms with E-state index in [2.05, 4.69) is 0 Å². The monoisotopic (exact) mass is 297 g/mol. The van der Waals surface area contributed by atoms with E-state index in [0.717, 1.165) is 5.56 Å². The predicted molar refractivity (Wildman–Crippen MR) is 76.8 cm³/mol. The minimum absolute atomic E-state index is 0.0911. The van der Waals surface area contributed by atoms with E-state index in [1.165, 1.54) is 0 Å². The van der Waals surface area contributed by atoms with Crippen molar-refractivity contribution in [3.8, 4) is 0 Å². The van der Waals surface area contributed by atoms with Gasteiger partial charge in [0.15, 0.2) is 0 Å². The van der Waals surface area contributed by atoms with Gasteiger partial charge < -0.3 is 9.32 Å². The fraction of sp³-hybridized carbons (Fsp3) is 0.214. The highest BCUT2D eigenvalue weighted by Gasteiger charge is 2.17. The van der Waals surface area contributed by atoms with Gasteiger partial charge in [-0.3, -0.25) is 4.79 Å². The summed E-state index contributed by atoms with van der Waals surface area (Å²) in [7, 11) is 0. The molecule has 0 saturated heterocycles. The first-order valence-corrected chi connectivity index (χ1v) is 6.68. The molecule has 1 amide bonds. The Kier molecular flexibility index (Phi) is 4.51. The Morgan fingerprint density at radius 1 is 1.37 bits per heavy atom. The van der Waals surface area contributed by atoms with Crippen LogP contribution in [0.25, 0.3) is 0 Å². The van der Waals surface area contributed by atoms with E-state index in [9.17, 15) is 4.79 Å². The number of rotatable bonds is 4. The zero-order chi connectivity index (χ0) is 13.8. The van der Waals surface area contributed by atoms with Crippen molar-refractivity contribution < 1.29 is 9.21 Å². The Hall–Kier alpha value is -1.45. The lowest BCUT2D eigenvalue weighted by Gasteiger charge is -2.21. The molecule has 0 bridgehead atoms. The maximum absolute atomic E-state index is 11.9. The summed E-state index contributed by atoms with van der Waals surface area (Å²) in [6.45, 7) is 2.24. The number of anilines is 1. The number of hydrogen-bond donors (Lipinski definition) is 0. The molecule has 0 spiro atoms. The highest BCUT2D eigenvalue weighted by Crippen LogP contribution is 2.25. The first-order valence-electron chi connectivity index (χ1n) is 5.76. The Labute approximate surface area is 121 Å². The molecule has 0 aliphatic heterocycles. The number of hydrogen-bond acceptors (Lipinski definition) is 2. The maximum atomic E-state index is 11.9. The molecule has 0 unspecified atom stereocenters. The Morgan fingerprint density at radius 3 is 2.74 bits per heavy atom. The van der Waals surface area contributed by atoms with Crippen LogP contribution < -0.4 is 4.90 Å². The van der Waals surface area contributed by atoms with Gasteiger partial charge in [-0.15, -0.1) is 11.6 Å². The number of aryl methyl sites for hydroxylation is 1. The fourth-order valence-electron chi connectivity index (χ4n) is 1.70. The normalized spacial score (nSPS) is 10.5. The van der Waals surface area contributed by atoms with Crippen molar-refractivity contribution in [1.82, 2.24) is 0 Å². The largest absolute Gasteiger partial charge is 0.467 e. The standard InChI is InChI=1S/C14H13Cl2NO2/c1-10-4-5-11(7-13(10)16)17(14(18)8-15)9-12-3-2-6-19-12/h2-7H,8-9H2,1H3. The summed E-state index contributed by atoms with van der Waals surface area (Å²) < 4.78 is 5.26. The molecule has 2 aromatic rings. The topological polar surface area (TPSA) is 33.5 Å². The van der Waals surface area contributed by atoms with E-state index in [1.54, 1.807) is 23.3 Å². The van der Waals surface area contributed by atoms with Crippen LogP contribution in [-0.4, -0.2) is 11.8 Å². The van der Waals surface area contributed by atoms with E-state index in [0.29, 0.717) is 23.0 Å². The Balaban J connectivity index is 2.31. The number of carbonyl (C=O) groups is 1. The van der Waals surface area contributed by atoms with Gasteiger partial charge in [0.05, 0.1) is 12.8 Å². The number of benzene rings is 1. The third-order valence-electron chi connectivity index (χ3n) is 2.78. The molecule has 0 saturated carbocycles. The molecule has 19 heavy (non-hydrogen) atoms. The highest BCUT2D eigenvalue weighted by molar-refractivity contribution is 6.32. The van der Waals surface area contributed by atoms with Gasteiger partial charge in [-0.1, -0.05) is 17.7 Å². The average molecular weight is 298 g/mol. The van der Waals surface area contributed by atoms with Gasteiger partial charge in [0.25, 0.3) is 0 Å². The molecular weight excluding hydrogens is 285 g/mol. The quantitative estimate of drug-likeness (QED) is 0.799. The second-order valence-electron chi connectivity index (χ2n) is 4.13. The summed E-state index contributed by atoms with van der Waals surface area (Å²) in [5.41, 5.74) is 1.67. The second kappa shape index (κ2) is 6.13. The number of halogens is 2. The van der Waals surface area contributed by atoms with Gasteiger partial charge in [-0.05, 0) is 36.8 Å². The molecule has 0 fully saturated rings. The van der Waals surface area contributed by atoms with Gasteiger partial charge in [0.1, 0.15) is 11.6 Å². The van der Waals surface area contributed by atoms with Crippen molar-refractivity contribution in [1.29, 1.82) is 0 Å². The van der Waals surface area contributed by atoms with E-state index in [1.807, 2.05) is 25.1 Å². The highest BCUT2D eigenvalue weighted by atomic mass is 35.5. The van der Waals surface area contributed by atoms with Crippen LogP contribution in [0.2, 0.25) is 5.02 Å². The molecule has 0 aliphatic rings. The summed E-state index contributed by atoms with van der Waals surface area (Å²) in [6, 6.07) is 9.05. The van der Waals surface area contributed by atoms with Gasteiger partial charge in [-0.25, -0.2) is 0 Å². The number of nitrogens with zero attached hydrogens (tertiary/aromatic N) is 1. The molecule has 0 N–H and O–H groups in total. The Bertz CT molecular complexity index is 567. The number of furan rings is 1. The predicted octanol–water partition coefficient (Wildman–Crippen LogP) is 4.01. The van der Waals surface area contributed by atoms with Crippen LogP contribution in [0.4, 0.5) is 5.69 Å². The summed E-state index contributed by atoms with van der Waals surface area (Å²) >= 11 is 11.7. The number of amides is 1. The van der Waals surface area contributed by atoms with E-state index in [-0.39, 0.29) is 11.8 Å². The fourth-order valence-corrected chi connectivity index (χ4v) is 2.02. The molecule has 2 rings (SSSR count). The van der Waals surface area contributed by atoms with Crippen LogP contribution in [-0.2, 0) is 11.3 Å². The summed E-state index contributed by atoms with van der Waals surface area (Å²) in [4.78, 5) is 13.5. The third kappa shape index (κ3) is 3.31. The maximum Gasteiger partial charge on any atom is 0.242 e. The molecule has 0 aliphatic carbocycles. The minimum atomic E-state index is -0.196. The Morgan fingerprint density at radius 2 is 2.16 bits per heavy atom. The van der Waals surface area contributed by atoms with Crippen LogP contribution >= 0.6 is 23.2 Å². The smallest absolute Gasteiger partial charge is 0.242 e. The van der Waals surface area contributed by atoms with E-state index >= 15 is 0 Å². The van der Waals surface area contributed by atoms with Crippen LogP contribution in [0.1, 0.15) is 11.3 Å². The third-order valence-corrected chi connectivity index (χ3v) is 3.41. The minimum Gasteiger partial charge on any atom is -0.467 e. The van der Waals surface area contributed by atoms with Gasteiger partial charge in [0, 0.05) is 10.7 Å². The lowest BCUT2D eigenvalue weighted by Crippen LogP contribution is -2.31. The van der Waals surface area contributed by atoms with Crippen LogP contribution in [0.5, 0.6) is 0 Å².